The molecule has 7 heteroatoms. The van der Waals surface area contributed by atoms with Gasteiger partial charge in [0.2, 0.25) is 0 Å². The maximum absolute atomic E-state index is 13.3. The van der Waals surface area contributed by atoms with Crippen LogP contribution in [-0.4, -0.2) is 46.6 Å². The first-order chi connectivity index (χ1) is 13.2. The number of nitrogens with zero attached hydrogens (tertiary/aromatic N) is 2. The lowest BCUT2D eigenvalue weighted by molar-refractivity contribution is 0.0561. The Morgan fingerprint density at radius 2 is 1.93 bits per heavy atom. The molecule has 2 heterocycles. The summed E-state index contributed by atoms with van der Waals surface area (Å²) in [7, 11) is 1.31. The van der Waals surface area contributed by atoms with Gasteiger partial charge in [0.25, 0.3) is 5.91 Å². The second-order valence-electron chi connectivity index (χ2n) is 7.75. The molecule has 1 fully saturated rings. The molecular formula is C21H26N2O4S. The number of piperidine rings is 1. The largest absolute Gasteiger partial charge is 0.465 e. The smallest absolute Gasteiger partial charge is 0.338 e. The van der Waals surface area contributed by atoms with Crippen LogP contribution in [0.1, 0.15) is 70.9 Å². The molecular weight excluding hydrogens is 376 g/mol. The summed E-state index contributed by atoms with van der Waals surface area (Å²) in [5.41, 5.74) is 0.312. The maximum Gasteiger partial charge on any atom is 0.338 e. The average Bonchev–Trinajstić information content (AvgIpc) is 3.18. The lowest BCUT2D eigenvalue weighted by Gasteiger charge is -2.37. The summed E-state index contributed by atoms with van der Waals surface area (Å²) in [4.78, 5) is 31.7. The number of ether oxygens (including phenoxy) is 1. The van der Waals surface area contributed by atoms with Crippen LogP contribution in [0, 0.1) is 0 Å². The van der Waals surface area contributed by atoms with E-state index in [4.69, 9.17) is 4.74 Å². The Bertz CT molecular complexity index is 871. The maximum atomic E-state index is 13.3. The first-order valence-corrected chi connectivity index (χ1v) is 10.3. The van der Waals surface area contributed by atoms with E-state index in [0.717, 1.165) is 17.8 Å². The van der Waals surface area contributed by atoms with E-state index in [2.05, 4.69) is 4.98 Å². The van der Waals surface area contributed by atoms with Crippen molar-refractivity contribution in [3.05, 3.63) is 51.5 Å². The number of amides is 1. The molecule has 0 saturated carbocycles. The number of aliphatic hydroxyl groups is 1. The van der Waals surface area contributed by atoms with Crippen molar-refractivity contribution in [3.8, 4) is 0 Å². The molecule has 3 rings (SSSR count). The summed E-state index contributed by atoms with van der Waals surface area (Å²) in [6.45, 7) is 6.00. The number of carbonyl (C=O) groups excluding carboxylic acids is 2. The molecule has 1 saturated heterocycles. The van der Waals surface area contributed by atoms with Crippen molar-refractivity contribution in [2.45, 2.75) is 51.2 Å². The number of rotatable bonds is 4. The third-order valence-corrected chi connectivity index (χ3v) is 6.21. The second-order valence-corrected chi connectivity index (χ2v) is 8.64. The molecule has 1 aliphatic heterocycles. The van der Waals surface area contributed by atoms with Gasteiger partial charge in [-0.2, -0.15) is 0 Å². The summed E-state index contributed by atoms with van der Waals surface area (Å²) >= 11 is 1.52. The summed E-state index contributed by atoms with van der Waals surface area (Å²) < 4.78 is 4.82. The number of likely N-dealkylation sites (tertiary alicyclic amines) is 1. The number of hydrogen-bond donors (Lipinski definition) is 1. The van der Waals surface area contributed by atoms with Gasteiger partial charge in [-0.3, -0.25) is 4.79 Å². The van der Waals surface area contributed by atoms with Crippen LogP contribution in [0.4, 0.5) is 0 Å². The summed E-state index contributed by atoms with van der Waals surface area (Å²) in [5.74, 6) is -0.566. The van der Waals surface area contributed by atoms with Crippen molar-refractivity contribution in [1.29, 1.82) is 0 Å². The van der Waals surface area contributed by atoms with E-state index >= 15 is 0 Å². The summed E-state index contributed by atoms with van der Waals surface area (Å²) in [6, 6.07) is 6.83. The molecule has 0 radical (unpaired) electrons. The fourth-order valence-corrected chi connectivity index (χ4v) is 4.57. The zero-order chi connectivity index (χ0) is 20.5. The van der Waals surface area contributed by atoms with Crippen molar-refractivity contribution in [2.75, 3.05) is 13.7 Å². The fraction of sp³-hybridized carbons (Fsp3) is 0.476. The van der Waals surface area contributed by atoms with Crippen LogP contribution >= 0.6 is 11.3 Å². The Balaban J connectivity index is 1.85. The topological polar surface area (TPSA) is 79.7 Å². The highest BCUT2D eigenvalue weighted by molar-refractivity contribution is 7.09. The van der Waals surface area contributed by atoms with Gasteiger partial charge in [-0.25, -0.2) is 9.78 Å². The van der Waals surface area contributed by atoms with Crippen LogP contribution in [0.15, 0.2) is 29.6 Å². The molecule has 28 heavy (non-hydrogen) atoms. The molecule has 1 amide bonds. The highest BCUT2D eigenvalue weighted by Gasteiger charge is 2.34. The molecule has 1 N–H and O–H groups in total. The zero-order valence-electron chi connectivity index (χ0n) is 16.6. The number of benzene rings is 1. The van der Waals surface area contributed by atoms with E-state index in [1.165, 1.54) is 18.4 Å². The van der Waals surface area contributed by atoms with E-state index in [1.54, 1.807) is 38.1 Å². The molecule has 0 spiro atoms. The Kier molecular flexibility index (Phi) is 5.86. The first-order valence-electron chi connectivity index (χ1n) is 9.39. The van der Waals surface area contributed by atoms with Gasteiger partial charge in [-0.05, 0) is 45.7 Å². The predicted octanol–water partition coefficient (Wildman–Crippen LogP) is 3.57. The van der Waals surface area contributed by atoms with Crippen LogP contribution in [0.5, 0.6) is 0 Å². The summed E-state index contributed by atoms with van der Waals surface area (Å²) in [5, 5.41) is 13.0. The lowest BCUT2D eigenvalue weighted by atomic mass is 9.92. The van der Waals surface area contributed by atoms with Crippen LogP contribution in [-0.2, 0) is 10.3 Å². The molecule has 1 aromatic heterocycles. The Hall–Kier alpha value is -2.25. The van der Waals surface area contributed by atoms with Crippen LogP contribution in [0.2, 0.25) is 0 Å². The molecule has 0 unspecified atom stereocenters. The highest BCUT2D eigenvalue weighted by atomic mass is 32.1. The minimum atomic E-state index is -0.980. The third kappa shape index (κ3) is 4.10. The van der Waals surface area contributed by atoms with Crippen molar-refractivity contribution >= 4 is 23.2 Å². The molecule has 0 aliphatic carbocycles. The Morgan fingerprint density at radius 1 is 1.25 bits per heavy atom. The zero-order valence-corrected chi connectivity index (χ0v) is 17.5. The Morgan fingerprint density at radius 3 is 2.54 bits per heavy atom. The van der Waals surface area contributed by atoms with Gasteiger partial charge < -0.3 is 14.7 Å². The minimum absolute atomic E-state index is 0.0724. The molecule has 0 bridgehead atoms. The number of aromatic nitrogens is 1. The standard InChI is InChI=1S/C21H26N2O4S/c1-13-9-10-14(18-22-17(12-28-18)21(2,3)26)11-23(13)19(24)15-7-5-6-8-16(15)20(25)27-4/h5-8,12-14,26H,9-11H2,1-4H3/t13-,14-/m1/s1. The van der Waals surface area contributed by atoms with Gasteiger partial charge >= 0.3 is 5.97 Å². The quantitative estimate of drug-likeness (QED) is 0.791. The Labute approximate surface area is 169 Å². The molecule has 6 nitrogen and oxygen atoms in total. The third-order valence-electron chi connectivity index (χ3n) is 5.20. The van der Waals surface area contributed by atoms with E-state index in [1.807, 2.05) is 17.2 Å². The second kappa shape index (κ2) is 8.01. The van der Waals surface area contributed by atoms with Crippen molar-refractivity contribution in [2.24, 2.45) is 0 Å². The van der Waals surface area contributed by atoms with Crippen LogP contribution < -0.4 is 0 Å². The van der Waals surface area contributed by atoms with Crippen molar-refractivity contribution < 1.29 is 19.4 Å². The molecule has 1 aliphatic rings. The van der Waals surface area contributed by atoms with Gasteiger partial charge in [0, 0.05) is 23.9 Å². The highest BCUT2D eigenvalue weighted by Crippen LogP contribution is 2.34. The minimum Gasteiger partial charge on any atom is -0.465 e. The average molecular weight is 403 g/mol. The van der Waals surface area contributed by atoms with Gasteiger partial charge in [0.1, 0.15) is 5.60 Å². The lowest BCUT2D eigenvalue weighted by Crippen LogP contribution is -2.45. The molecule has 2 aromatic rings. The van der Waals surface area contributed by atoms with Gasteiger partial charge in [-0.15, -0.1) is 11.3 Å². The molecule has 1 aromatic carbocycles. The summed E-state index contributed by atoms with van der Waals surface area (Å²) in [6.07, 6.45) is 1.79. The first kappa shape index (κ1) is 20.5. The number of thiazole rings is 1. The van der Waals surface area contributed by atoms with E-state index in [-0.39, 0.29) is 23.4 Å². The number of methoxy groups -OCH3 is 1. The van der Waals surface area contributed by atoms with E-state index in [0.29, 0.717) is 17.8 Å². The van der Waals surface area contributed by atoms with Gasteiger partial charge in [0.05, 0.1) is 28.9 Å². The van der Waals surface area contributed by atoms with Gasteiger partial charge in [-0.1, -0.05) is 12.1 Å². The number of hydrogen-bond acceptors (Lipinski definition) is 6. The predicted molar refractivity (Wildman–Crippen MR) is 108 cm³/mol. The van der Waals surface area contributed by atoms with E-state index < -0.39 is 11.6 Å². The normalized spacial score (nSPS) is 20.1. The van der Waals surface area contributed by atoms with E-state index in [9.17, 15) is 14.7 Å². The monoisotopic (exact) mass is 402 g/mol. The fourth-order valence-electron chi connectivity index (χ4n) is 3.46. The van der Waals surface area contributed by atoms with Crippen molar-refractivity contribution in [3.63, 3.8) is 0 Å². The van der Waals surface area contributed by atoms with Crippen LogP contribution in [0.3, 0.4) is 0 Å². The molecule has 2 atom stereocenters. The van der Waals surface area contributed by atoms with Gasteiger partial charge in [0.15, 0.2) is 0 Å². The number of carbonyl (C=O) groups is 2. The molecule has 150 valence electrons. The van der Waals surface area contributed by atoms with Crippen LogP contribution in [0.25, 0.3) is 0 Å². The number of esters is 1. The van der Waals surface area contributed by atoms with Crippen molar-refractivity contribution in [1.82, 2.24) is 9.88 Å². The SMILES string of the molecule is COC(=O)c1ccccc1C(=O)N1C[C@H](c2nc(C(C)(C)O)cs2)CC[C@H]1C.